The van der Waals surface area contributed by atoms with Crippen LogP contribution in [0, 0.1) is 5.82 Å². The fourth-order valence-electron chi connectivity index (χ4n) is 2.43. The van der Waals surface area contributed by atoms with Crippen LogP contribution in [0.4, 0.5) is 10.3 Å². The van der Waals surface area contributed by atoms with Gasteiger partial charge >= 0.3 is 5.69 Å². The van der Waals surface area contributed by atoms with Gasteiger partial charge in [0.15, 0.2) is 11.2 Å². The molecule has 0 spiro atoms. The van der Waals surface area contributed by atoms with Gasteiger partial charge in [-0.1, -0.05) is 17.7 Å². The van der Waals surface area contributed by atoms with E-state index in [1.165, 1.54) is 36.0 Å². The summed E-state index contributed by atoms with van der Waals surface area (Å²) in [6, 6.07) is 4.22. The number of hydrogen-bond acceptors (Lipinski definition) is 6. The first kappa shape index (κ1) is 17.8. The van der Waals surface area contributed by atoms with Crippen LogP contribution in [0.1, 0.15) is 5.56 Å². The molecule has 3 N–H and O–H groups in total. The van der Waals surface area contributed by atoms with Crippen LogP contribution in [0.2, 0.25) is 5.02 Å². The minimum Gasteiger partial charge on any atom is -0.395 e. The van der Waals surface area contributed by atoms with Crippen molar-refractivity contribution in [1.82, 2.24) is 19.1 Å². The number of rotatable bonds is 5. The molecule has 2 aromatic heterocycles. The number of aliphatic hydroxyl groups is 1. The summed E-state index contributed by atoms with van der Waals surface area (Å²) in [4.78, 5) is 30.1. The Kier molecular flexibility index (Phi) is 4.87. The molecule has 0 aliphatic rings. The number of H-pyrrole nitrogens is 1. The van der Waals surface area contributed by atoms with E-state index >= 15 is 0 Å². The van der Waals surface area contributed by atoms with Crippen molar-refractivity contribution in [3.05, 3.63) is 55.4 Å². The van der Waals surface area contributed by atoms with E-state index in [-0.39, 0.29) is 40.8 Å². The summed E-state index contributed by atoms with van der Waals surface area (Å²) in [5.74, 6) is -0.449. The number of anilines is 1. The van der Waals surface area contributed by atoms with Gasteiger partial charge in [-0.3, -0.25) is 14.3 Å². The highest BCUT2D eigenvalue weighted by molar-refractivity contribution is 6.33. The number of aryl methyl sites for hydroxylation is 1. The molecule has 9 nitrogen and oxygen atoms in total. The highest BCUT2D eigenvalue weighted by atomic mass is 35.5. The van der Waals surface area contributed by atoms with E-state index in [0.29, 0.717) is 0 Å². The van der Waals surface area contributed by atoms with E-state index in [1.807, 2.05) is 0 Å². The number of nitrogens with one attached hydrogen (secondary N) is 2. The maximum Gasteiger partial charge on any atom is 0.329 e. The molecule has 1 aromatic carbocycles. The van der Waals surface area contributed by atoms with Gasteiger partial charge in [0.2, 0.25) is 5.95 Å². The largest absolute Gasteiger partial charge is 0.395 e. The molecule has 2 heterocycles. The Balaban J connectivity index is 2.05. The molecule has 0 aliphatic carbocycles. The lowest BCUT2D eigenvalue weighted by molar-refractivity contribution is 0.278. The van der Waals surface area contributed by atoms with Gasteiger partial charge in [-0.15, -0.1) is 0 Å². The zero-order chi connectivity index (χ0) is 18.8. The van der Waals surface area contributed by atoms with Crippen LogP contribution in [0.3, 0.4) is 0 Å². The molecule has 3 aromatic rings. The molecule has 0 bridgehead atoms. The molecule has 0 radical (unpaired) electrons. The highest BCUT2D eigenvalue weighted by Gasteiger charge is 2.16. The second kappa shape index (κ2) is 7.10. The topological polar surface area (TPSA) is 117 Å². The SMILES string of the molecule is Cn1c(=O)[nH]c(=O)c2c1nc(N/N=C/c1c(F)cccc1Cl)n2CCO. The smallest absolute Gasteiger partial charge is 0.329 e. The average Bonchev–Trinajstić information content (AvgIpc) is 2.95. The van der Waals surface area contributed by atoms with Crippen LogP contribution in [-0.2, 0) is 13.6 Å². The molecule has 136 valence electrons. The normalized spacial score (nSPS) is 11.5. The van der Waals surface area contributed by atoms with Crippen LogP contribution in [0.25, 0.3) is 11.2 Å². The van der Waals surface area contributed by atoms with Crippen molar-refractivity contribution in [2.45, 2.75) is 6.54 Å². The van der Waals surface area contributed by atoms with Crippen LogP contribution in [0.5, 0.6) is 0 Å². The third-order valence-corrected chi connectivity index (χ3v) is 4.02. The standard InChI is InChI=1S/C15H14ClFN6O3/c1-22-12-11(13(25)20-15(22)26)23(5-6-24)14(19-12)21-18-7-8-9(16)3-2-4-10(8)17/h2-4,7,24H,5-6H2,1H3,(H,19,21)(H,20,25,26)/b18-7+. The second-order valence-electron chi connectivity index (χ2n) is 5.31. The van der Waals surface area contributed by atoms with Crippen molar-refractivity contribution in [3.8, 4) is 0 Å². The zero-order valence-electron chi connectivity index (χ0n) is 13.5. The van der Waals surface area contributed by atoms with Gasteiger partial charge in [-0.25, -0.2) is 14.6 Å². The Morgan fingerprint density at radius 3 is 2.92 bits per heavy atom. The molecule has 11 heteroatoms. The van der Waals surface area contributed by atoms with Crippen molar-refractivity contribution in [1.29, 1.82) is 0 Å². The van der Waals surface area contributed by atoms with Crippen molar-refractivity contribution < 1.29 is 9.50 Å². The predicted octanol–water partition coefficient (Wildman–Crippen LogP) is 0.654. The summed E-state index contributed by atoms with van der Waals surface area (Å²) in [6.07, 6.45) is 1.17. The molecule has 0 amide bonds. The average molecular weight is 381 g/mol. The van der Waals surface area contributed by atoms with Crippen molar-refractivity contribution >= 4 is 34.9 Å². The Labute approximate surface area is 150 Å². The molecule has 0 saturated heterocycles. The van der Waals surface area contributed by atoms with E-state index in [4.69, 9.17) is 11.6 Å². The van der Waals surface area contributed by atoms with Gasteiger partial charge < -0.3 is 9.67 Å². The van der Waals surface area contributed by atoms with Gasteiger partial charge in [0.1, 0.15) is 5.82 Å². The third kappa shape index (κ3) is 3.11. The quantitative estimate of drug-likeness (QED) is 0.444. The summed E-state index contributed by atoms with van der Waals surface area (Å²) >= 11 is 5.92. The van der Waals surface area contributed by atoms with Gasteiger partial charge in [-0.2, -0.15) is 10.1 Å². The minimum atomic E-state index is -0.641. The lowest BCUT2D eigenvalue weighted by Gasteiger charge is -2.05. The van der Waals surface area contributed by atoms with Crippen molar-refractivity contribution in [3.63, 3.8) is 0 Å². The Morgan fingerprint density at radius 2 is 2.23 bits per heavy atom. The first-order valence-electron chi connectivity index (χ1n) is 7.47. The molecule has 0 unspecified atom stereocenters. The zero-order valence-corrected chi connectivity index (χ0v) is 14.3. The number of nitrogens with zero attached hydrogens (tertiary/aromatic N) is 4. The molecule has 26 heavy (non-hydrogen) atoms. The van der Waals surface area contributed by atoms with Crippen LogP contribution in [0.15, 0.2) is 32.9 Å². The Bertz CT molecular complexity index is 1100. The monoisotopic (exact) mass is 380 g/mol. The van der Waals surface area contributed by atoms with Crippen molar-refractivity contribution in [2.24, 2.45) is 12.1 Å². The number of fused-ring (bicyclic) bond motifs is 1. The van der Waals surface area contributed by atoms with Crippen LogP contribution < -0.4 is 16.7 Å². The predicted molar refractivity (Wildman–Crippen MR) is 95.3 cm³/mol. The summed E-state index contributed by atoms with van der Waals surface area (Å²) in [5, 5.41) is 13.3. The Morgan fingerprint density at radius 1 is 1.46 bits per heavy atom. The highest BCUT2D eigenvalue weighted by Crippen LogP contribution is 2.18. The molecule has 0 aliphatic heterocycles. The third-order valence-electron chi connectivity index (χ3n) is 3.69. The van der Waals surface area contributed by atoms with Crippen LogP contribution >= 0.6 is 11.6 Å². The van der Waals surface area contributed by atoms with Gasteiger partial charge in [0.25, 0.3) is 5.56 Å². The fourth-order valence-corrected chi connectivity index (χ4v) is 2.64. The second-order valence-corrected chi connectivity index (χ2v) is 5.71. The lowest BCUT2D eigenvalue weighted by Crippen LogP contribution is -2.29. The number of halogens is 2. The van der Waals surface area contributed by atoms with Gasteiger partial charge in [-0.05, 0) is 12.1 Å². The van der Waals surface area contributed by atoms with E-state index in [0.717, 1.165) is 4.57 Å². The molecular formula is C15H14ClFN6O3. The first-order chi connectivity index (χ1) is 12.4. The maximum absolute atomic E-state index is 13.8. The number of hydrogen-bond donors (Lipinski definition) is 3. The fraction of sp³-hybridized carbons (Fsp3) is 0.200. The summed E-state index contributed by atoms with van der Waals surface area (Å²) < 4.78 is 16.3. The number of aromatic nitrogens is 4. The number of imidazole rings is 1. The van der Waals surface area contributed by atoms with E-state index < -0.39 is 17.1 Å². The molecule has 0 fully saturated rings. The molecule has 3 rings (SSSR count). The van der Waals surface area contributed by atoms with Crippen molar-refractivity contribution in [2.75, 3.05) is 12.0 Å². The van der Waals surface area contributed by atoms with E-state index in [9.17, 15) is 19.1 Å². The molecular weight excluding hydrogens is 367 g/mol. The number of benzene rings is 1. The van der Waals surface area contributed by atoms with E-state index in [1.54, 1.807) is 0 Å². The van der Waals surface area contributed by atoms with Crippen LogP contribution in [-0.4, -0.2) is 37.0 Å². The van der Waals surface area contributed by atoms with Gasteiger partial charge in [0, 0.05) is 19.2 Å². The number of hydrazone groups is 1. The maximum atomic E-state index is 13.8. The molecule has 0 atom stereocenters. The minimum absolute atomic E-state index is 0.0378. The summed E-state index contributed by atoms with van der Waals surface area (Å²) in [5.41, 5.74) is 1.62. The Hall–Kier alpha value is -2.98. The summed E-state index contributed by atoms with van der Waals surface area (Å²) in [7, 11) is 1.45. The number of aromatic amines is 1. The first-order valence-corrected chi connectivity index (χ1v) is 7.85. The number of aliphatic hydroxyl groups excluding tert-OH is 1. The summed E-state index contributed by atoms with van der Waals surface area (Å²) in [6.45, 7) is -0.235. The molecule has 0 saturated carbocycles. The van der Waals surface area contributed by atoms with Gasteiger partial charge in [0.05, 0.1) is 17.8 Å². The lowest BCUT2D eigenvalue weighted by atomic mass is 10.2. The van der Waals surface area contributed by atoms with E-state index in [2.05, 4.69) is 20.5 Å².